The molecule has 0 N–H and O–H groups in total. The molecule has 5 rings (SSSR count). The van der Waals surface area contributed by atoms with E-state index in [4.69, 9.17) is 9.47 Å². The molecule has 0 aliphatic heterocycles. The topological polar surface area (TPSA) is 52.6 Å². The van der Waals surface area contributed by atoms with Crippen molar-refractivity contribution >= 4 is 18.0 Å². The van der Waals surface area contributed by atoms with Crippen LogP contribution >= 0.6 is 0 Å². The van der Waals surface area contributed by atoms with Crippen LogP contribution < -0.4 is 0 Å². The zero-order valence-electron chi connectivity index (χ0n) is 20.8. The molecule has 0 saturated heterocycles. The first-order valence-corrected chi connectivity index (χ1v) is 13.0. The maximum Gasteiger partial charge on any atom is 0.331 e. The van der Waals surface area contributed by atoms with Crippen molar-refractivity contribution in [3.8, 4) is 0 Å². The van der Waals surface area contributed by atoms with E-state index >= 15 is 0 Å². The molecule has 4 saturated carbocycles. The first-order chi connectivity index (χ1) is 16.2. The highest BCUT2D eigenvalue weighted by Gasteiger charge is 2.68. The SMILES string of the molecule is C=C1C2CCC3C4(C)CCCC(C)(C(=O)OC)C4CCC3(C2)C1OC(=O)C=Cc1ccccc1. The quantitative estimate of drug-likeness (QED) is 0.297. The minimum absolute atomic E-state index is 0.0412. The molecule has 0 radical (unpaired) electrons. The largest absolute Gasteiger partial charge is 0.469 e. The lowest BCUT2D eigenvalue weighted by molar-refractivity contribution is -0.196. The molecule has 0 heterocycles. The van der Waals surface area contributed by atoms with Gasteiger partial charge in [0.2, 0.25) is 0 Å². The van der Waals surface area contributed by atoms with E-state index in [0.717, 1.165) is 62.5 Å². The molecule has 4 nitrogen and oxygen atoms in total. The van der Waals surface area contributed by atoms with E-state index in [1.807, 2.05) is 36.4 Å². The van der Waals surface area contributed by atoms with Crippen molar-refractivity contribution in [1.29, 1.82) is 0 Å². The lowest BCUT2D eigenvalue weighted by Gasteiger charge is -2.64. The van der Waals surface area contributed by atoms with Gasteiger partial charge >= 0.3 is 11.9 Å². The van der Waals surface area contributed by atoms with Gasteiger partial charge in [-0.15, -0.1) is 0 Å². The lowest BCUT2D eigenvalue weighted by Crippen LogP contribution is -2.60. The minimum atomic E-state index is -0.430. The van der Waals surface area contributed by atoms with E-state index < -0.39 is 5.41 Å². The molecule has 0 amide bonds. The molecular weight excluding hydrogens is 424 g/mol. The summed E-state index contributed by atoms with van der Waals surface area (Å²) in [6.07, 6.45) is 11.5. The van der Waals surface area contributed by atoms with E-state index in [-0.39, 0.29) is 28.9 Å². The smallest absolute Gasteiger partial charge is 0.331 e. The summed E-state index contributed by atoms with van der Waals surface area (Å²) in [5.74, 6) is 0.817. The normalized spacial score (nSPS) is 41.0. The van der Waals surface area contributed by atoms with E-state index in [0.29, 0.717) is 17.8 Å². The van der Waals surface area contributed by atoms with Gasteiger partial charge in [0, 0.05) is 11.5 Å². The molecule has 4 aliphatic rings. The van der Waals surface area contributed by atoms with Crippen molar-refractivity contribution in [2.24, 2.45) is 34.0 Å². The van der Waals surface area contributed by atoms with Crippen molar-refractivity contribution in [3.63, 3.8) is 0 Å². The van der Waals surface area contributed by atoms with Crippen molar-refractivity contribution in [2.45, 2.75) is 71.3 Å². The van der Waals surface area contributed by atoms with Crippen LogP contribution in [0, 0.1) is 34.0 Å². The molecule has 182 valence electrons. The van der Waals surface area contributed by atoms with E-state index in [2.05, 4.69) is 20.4 Å². The molecule has 0 aromatic heterocycles. The van der Waals surface area contributed by atoms with E-state index in [1.54, 1.807) is 6.08 Å². The van der Waals surface area contributed by atoms with E-state index in [1.165, 1.54) is 7.11 Å². The Morgan fingerprint density at radius 3 is 2.53 bits per heavy atom. The summed E-state index contributed by atoms with van der Waals surface area (Å²) in [6, 6.07) is 9.84. The molecular formula is C30H38O4. The Labute approximate surface area is 203 Å². The summed E-state index contributed by atoms with van der Waals surface area (Å²) in [5.41, 5.74) is 1.64. The number of hydrogen-bond acceptors (Lipinski definition) is 4. The van der Waals surface area contributed by atoms with Crippen LogP contribution in [0.4, 0.5) is 0 Å². The predicted molar refractivity (Wildman–Crippen MR) is 133 cm³/mol. The van der Waals surface area contributed by atoms with Crippen LogP contribution in [0.2, 0.25) is 0 Å². The van der Waals surface area contributed by atoms with Gasteiger partial charge in [0.1, 0.15) is 6.10 Å². The standard InChI is InChI=1S/C30H38O4/c1-20-22-12-13-24-28(2)16-8-17-29(3,27(32)33-4)23(28)15-18-30(24,19-22)26(20)34-25(31)14-11-21-9-6-5-7-10-21/h5-7,9-11,14,22-24,26H,1,8,12-13,15-19H2,2-4H3. The first kappa shape index (κ1) is 23.4. The predicted octanol–water partition coefficient (Wildman–Crippen LogP) is 6.36. The van der Waals surface area contributed by atoms with Gasteiger partial charge in [-0.05, 0) is 92.3 Å². The van der Waals surface area contributed by atoms with Crippen LogP contribution in [0.1, 0.15) is 70.8 Å². The molecule has 34 heavy (non-hydrogen) atoms. The van der Waals surface area contributed by atoms with Crippen LogP contribution in [0.25, 0.3) is 6.08 Å². The molecule has 1 aromatic rings. The zero-order valence-corrected chi connectivity index (χ0v) is 20.8. The van der Waals surface area contributed by atoms with Crippen molar-refractivity contribution < 1.29 is 19.1 Å². The summed E-state index contributed by atoms with van der Waals surface area (Å²) in [6.45, 7) is 9.00. The second-order valence-electron chi connectivity index (χ2n) is 11.8. The lowest BCUT2D eigenvalue weighted by atomic mass is 9.40. The van der Waals surface area contributed by atoms with Crippen LogP contribution in [0.15, 0.2) is 48.6 Å². The molecule has 4 heteroatoms. The number of rotatable bonds is 4. The Bertz CT molecular complexity index is 1010. The van der Waals surface area contributed by atoms with Gasteiger partial charge in [0.25, 0.3) is 0 Å². The van der Waals surface area contributed by atoms with E-state index in [9.17, 15) is 9.59 Å². The summed E-state index contributed by atoms with van der Waals surface area (Å²) < 4.78 is 11.6. The van der Waals surface area contributed by atoms with Gasteiger partial charge in [0.05, 0.1) is 12.5 Å². The average molecular weight is 463 g/mol. The van der Waals surface area contributed by atoms with Crippen LogP contribution in [0.3, 0.4) is 0 Å². The highest BCUT2D eigenvalue weighted by Crippen LogP contribution is 2.72. The first-order valence-electron chi connectivity index (χ1n) is 13.0. The number of ether oxygens (including phenoxy) is 2. The van der Waals surface area contributed by atoms with Crippen molar-refractivity contribution in [3.05, 3.63) is 54.1 Å². The van der Waals surface area contributed by atoms with Gasteiger partial charge in [-0.25, -0.2) is 4.79 Å². The van der Waals surface area contributed by atoms with Crippen LogP contribution in [0.5, 0.6) is 0 Å². The fourth-order valence-electron chi connectivity index (χ4n) is 8.89. The number of hydrogen-bond donors (Lipinski definition) is 0. The number of fused-ring (bicyclic) bond motifs is 3. The number of carbonyl (C=O) groups is 2. The van der Waals surface area contributed by atoms with Crippen LogP contribution in [-0.4, -0.2) is 25.2 Å². The van der Waals surface area contributed by atoms with Gasteiger partial charge < -0.3 is 9.47 Å². The number of esters is 2. The fourth-order valence-corrected chi connectivity index (χ4v) is 8.89. The fraction of sp³-hybridized carbons (Fsp3) is 0.600. The summed E-state index contributed by atoms with van der Waals surface area (Å²) in [5, 5.41) is 0. The molecule has 1 spiro atoms. The monoisotopic (exact) mass is 462 g/mol. The third-order valence-corrected chi connectivity index (χ3v) is 10.3. The number of carbonyl (C=O) groups excluding carboxylic acids is 2. The molecule has 7 unspecified atom stereocenters. The maximum atomic E-state index is 13.0. The van der Waals surface area contributed by atoms with Crippen LogP contribution in [-0.2, 0) is 19.1 Å². The third-order valence-electron chi connectivity index (χ3n) is 10.3. The summed E-state index contributed by atoms with van der Waals surface area (Å²) in [4.78, 5) is 25.9. The minimum Gasteiger partial charge on any atom is -0.469 e. The Balaban J connectivity index is 1.44. The van der Waals surface area contributed by atoms with Gasteiger partial charge in [-0.2, -0.15) is 0 Å². The highest BCUT2D eigenvalue weighted by molar-refractivity contribution is 5.87. The Morgan fingerprint density at radius 2 is 1.79 bits per heavy atom. The number of benzene rings is 1. The maximum absolute atomic E-state index is 13.0. The third kappa shape index (κ3) is 3.39. The second kappa shape index (κ2) is 8.39. The molecule has 4 fully saturated rings. The Morgan fingerprint density at radius 1 is 1.03 bits per heavy atom. The molecule has 1 aromatic carbocycles. The van der Waals surface area contributed by atoms with Gasteiger partial charge in [0.15, 0.2) is 0 Å². The average Bonchev–Trinajstić information content (AvgIpc) is 3.02. The summed E-state index contributed by atoms with van der Waals surface area (Å²) in [7, 11) is 1.52. The number of methoxy groups -OCH3 is 1. The Kier molecular flexibility index (Phi) is 5.77. The second-order valence-corrected chi connectivity index (χ2v) is 11.8. The highest BCUT2D eigenvalue weighted by atomic mass is 16.5. The molecule has 4 aliphatic carbocycles. The van der Waals surface area contributed by atoms with Crippen molar-refractivity contribution in [1.82, 2.24) is 0 Å². The summed E-state index contributed by atoms with van der Waals surface area (Å²) >= 11 is 0. The Hall–Kier alpha value is -2.36. The van der Waals surface area contributed by atoms with Gasteiger partial charge in [-0.3, -0.25) is 4.79 Å². The molecule has 7 atom stereocenters. The molecule has 2 bridgehead atoms. The zero-order chi connectivity index (χ0) is 24.1. The van der Waals surface area contributed by atoms with Crippen molar-refractivity contribution in [2.75, 3.05) is 7.11 Å². The van der Waals surface area contributed by atoms with Gasteiger partial charge in [-0.1, -0.05) is 50.3 Å².